The van der Waals surface area contributed by atoms with Gasteiger partial charge in [0.15, 0.2) is 5.82 Å². The Hall–Kier alpha value is -3.46. The molecule has 0 aliphatic carbocycles. The molecule has 2 amide bonds. The number of hydrogen-bond acceptors (Lipinski definition) is 3. The summed E-state index contributed by atoms with van der Waals surface area (Å²) in [5, 5.41) is 13.3. The predicted molar refractivity (Wildman–Crippen MR) is 99.0 cm³/mol. The van der Waals surface area contributed by atoms with Crippen LogP contribution in [-0.2, 0) is 0 Å². The van der Waals surface area contributed by atoms with Gasteiger partial charge in [0.25, 0.3) is 0 Å². The Balaban J connectivity index is 1.77. The standard InChI is InChI=1S/C19H18N4O2/c1-4-9-25-14-6-8-17-15(11-14)18(23-22-17)21-19(24)20-16-7-5-12(2)10-13(16)3/h1,5-8,10-11H,9H2,2-3H3,(H3,20,21,22,23,24). The molecule has 2 aromatic carbocycles. The Kier molecular flexibility index (Phi) is 4.57. The molecule has 6 nitrogen and oxygen atoms in total. The summed E-state index contributed by atoms with van der Waals surface area (Å²) in [4.78, 5) is 12.3. The number of H-pyrrole nitrogens is 1. The molecule has 0 atom stereocenters. The van der Waals surface area contributed by atoms with Gasteiger partial charge in [0.2, 0.25) is 0 Å². The summed E-state index contributed by atoms with van der Waals surface area (Å²) in [5.74, 6) is 3.45. The average Bonchev–Trinajstić information content (AvgIpc) is 2.98. The quantitative estimate of drug-likeness (QED) is 0.634. The molecule has 126 valence electrons. The Bertz CT molecular complexity index is 969. The second-order valence-electron chi connectivity index (χ2n) is 5.67. The number of anilines is 2. The van der Waals surface area contributed by atoms with Crippen LogP contribution < -0.4 is 15.4 Å². The van der Waals surface area contributed by atoms with Crippen LogP contribution in [0.25, 0.3) is 10.9 Å². The zero-order valence-electron chi connectivity index (χ0n) is 14.0. The molecule has 0 spiro atoms. The molecule has 0 saturated carbocycles. The van der Waals surface area contributed by atoms with E-state index in [1.165, 1.54) is 0 Å². The number of urea groups is 1. The fourth-order valence-corrected chi connectivity index (χ4v) is 2.52. The molecule has 0 fully saturated rings. The molecule has 25 heavy (non-hydrogen) atoms. The lowest BCUT2D eigenvalue weighted by atomic mass is 10.1. The second kappa shape index (κ2) is 6.97. The van der Waals surface area contributed by atoms with E-state index in [0.717, 1.165) is 27.7 Å². The van der Waals surface area contributed by atoms with E-state index < -0.39 is 0 Å². The van der Waals surface area contributed by atoms with Gasteiger partial charge in [0, 0.05) is 11.1 Å². The van der Waals surface area contributed by atoms with Gasteiger partial charge in [-0.05, 0) is 43.7 Å². The molecular formula is C19H18N4O2. The zero-order valence-corrected chi connectivity index (χ0v) is 14.0. The molecule has 3 aromatic rings. The SMILES string of the molecule is C#CCOc1ccc2[nH]nc(NC(=O)Nc3ccc(C)cc3C)c2c1. The lowest BCUT2D eigenvalue weighted by Crippen LogP contribution is -2.20. The van der Waals surface area contributed by atoms with E-state index in [-0.39, 0.29) is 12.6 Å². The summed E-state index contributed by atoms with van der Waals surface area (Å²) in [6, 6.07) is 10.9. The van der Waals surface area contributed by atoms with E-state index in [4.69, 9.17) is 11.2 Å². The van der Waals surface area contributed by atoms with Crippen LogP contribution >= 0.6 is 0 Å². The van der Waals surface area contributed by atoms with E-state index in [1.807, 2.05) is 38.1 Å². The highest BCUT2D eigenvalue weighted by Gasteiger charge is 2.11. The van der Waals surface area contributed by atoms with E-state index in [0.29, 0.717) is 11.6 Å². The number of carbonyl (C=O) groups is 1. The van der Waals surface area contributed by atoms with Crippen molar-refractivity contribution in [3.8, 4) is 18.1 Å². The number of fused-ring (bicyclic) bond motifs is 1. The molecule has 6 heteroatoms. The Morgan fingerprint density at radius 1 is 1.24 bits per heavy atom. The highest BCUT2D eigenvalue weighted by molar-refractivity contribution is 6.05. The van der Waals surface area contributed by atoms with Crippen LogP contribution in [0.4, 0.5) is 16.3 Å². The van der Waals surface area contributed by atoms with Gasteiger partial charge in [-0.15, -0.1) is 6.42 Å². The van der Waals surface area contributed by atoms with Gasteiger partial charge < -0.3 is 10.1 Å². The fourth-order valence-electron chi connectivity index (χ4n) is 2.52. The maximum Gasteiger partial charge on any atom is 0.324 e. The lowest BCUT2D eigenvalue weighted by Gasteiger charge is -2.09. The summed E-state index contributed by atoms with van der Waals surface area (Å²) < 4.78 is 5.41. The van der Waals surface area contributed by atoms with Gasteiger partial charge in [0.1, 0.15) is 12.4 Å². The fraction of sp³-hybridized carbons (Fsp3) is 0.158. The van der Waals surface area contributed by atoms with Crippen molar-refractivity contribution in [3.63, 3.8) is 0 Å². The summed E-state index contributed by atoms with van der Waals surface area (Å²) in [7, 11) is 0. The number of carbonyl (C=O) groups excluding carboxylic acids is 1. The van der Waals surface area contributed by atoms with E-state index in [2.05, 4.69) is 26.8 Å². The summed E-state index contributed by atoms with van der Waals surface area (Å²) in [6.07, 6.45) is 5.20. The van der Waals surface area contributed by atoms with E-state index >= 15 is 0 Å². The first kappa shape index (κ1) is 16.4. The van der Waals surface area contributed by atoms with E-state index in [1.54, 1.807) is 12.1 Å². The highest BCUT2D eigenvalue weighted by Crippen LogP contribution is 2.25. The molecule has 0 radical (unpaired) electrons. The third kappa shape index (κ3) is 3.72. The first-order chi connectivity index (χ1) is 12.1. The van der Waals surface area contributed by atoms with Crippen LogP contribution in [-0.4, -0.2) is 22.8 Å². The largest absolute Gasteiger partial charge is 0.481 e. The number of aromatic nitrogens is 2. The number of hydrogen-bond donors (Lipinski definition) is 3. The number of nitrogens with one attached hydrogen (secondary N) is 3. The molecule has 3 N–H and O–H groups in total. The van der Waals surface area contributed by atoms with Crippen molar-refractivity contribution in [1.82, 2.24) is 10.2 Å². The van der Waals surface area contributed by atoms with Gasteiger partial charge >= 0.3 is 6.03 Å². The zero-order chi connectivity index (χ0) is 17.8. The van der Waals surface area contributed by atoms with Gasteiger partial charge in [-0.1, -0.05) is 23.6 Å². The number of rotatable bonds is 4. The molecule has 0 aliphatic rings. The van der Waals surface area contributed by atoms with Gasteiger partial charge in [-0.2, -0.15) is 5.10 Å². The van der Waals surface area contributed by atoms with Crippen molar-refractivity contribution in [2.24, 2.45) is 0 Å². The number of aryl methyl sites for hydroxylation is 2. The van der Waals surface area contributed by atoms with Crippen LogP contribution in [0.2, 0.25) is 0 Å². The number of aromatic amines is 1. The monoisotopic (exact) mass is 334 g/mol. The minimum absolute atomic E-state index is 0.180. The summed E-state index contributed by atoms with van der Waals surface area (Å²) in [6.45, 7) is 4.13. The maximum absolute atomic E-state index is 12.3. The number of ether oxygens (including phenoxy) is 1. The maximum atomic E-state index is 12.3. The van der Waals surface area contributed by atoms with Crippen LogP contribution in [0, 0.1) is 26.2 Å². The van der Waals surface area contributed by atoms with Gasteiger partial charge in [0.05, 0.1) is 5.52 Å². The molecule has 0 aliphatic heterocycles. The normalized spacial score (nSPS) is 10.3. The van der Waals surface area contributed by atoms with E-state index in [9.17, 15) is 4.79 Å². The molecule has 3 rings (SSSR count). The van der Waals surface area contributed by atoms with Crippen LogP contribution in [0.5, 0.6) is 5.75 Å². The predicted octanol–water partition coefficient (Wildman–Crippen LogP) is 3.84. The highest BCUT2D eigenvalue weighted by atomic mass is 16.5. The second-order valence-corrected chi connectivity index (χ2v) is 5.67. The third-order valence-corrected chi connectivity index (χ3v) is 3.72. The third-order valence-electron chi connectivity index (χ3n) is 3.72. The molecular weight excluding hydrogens is 316 g/mol. The molecule has 1 heterocycles. The van der Waals surface area contributed by atoms with Crippen molar-refractivity contribution in [2.75, 3.05) is 17.2 Å². The molecule has 0 bridgehead atoms. The topological polar surface area (TPSA) is 79.0 Å². The first-order valence-corrected chi connectivity index (χ1v) is 7.76. The molecule has 1 aromatic heterocycles. The minimum atomic E-state index is -0.365. The Labute approximate surface area is 145 Å². The van der Waals surface area contributed by atoms with Crippen molar-refractivity contribution in [2.45, 2.75) is 13.8 Å². The molecule has 0 unspecified atom stereocenters. The first-order valence-electron chi connectivity index (χ1n) is 7.76. The smallest absolute Gasteiger partial charge is 0.324 e. The van der Waals surface area contributed by atoms with Crippen LogP contribution in [0.1, 0.15) is 11.1 Å². The van der Waals surface area contributed by atoms with Crippen molar-refractivity contribution < 1.29 is 9.53 Å². The Morgan fingerprint density at radius 2 is 2.08 bits per heavy atom. The number of amides is 2. The minimum Gasteiger partial charge on any atom is -0.481 e. The summed E-state index contributed by atoms with van der Waals surface area (Å²) >= 11 is 0. The van der Waals surface area contributed by atoms with Crippen LogP contribution in [0.3, 0.4) is 0 Å². The number of nitrogens with zero attached hydrogens (tertiary/aromatic N) is 1. The van der Waals surface area contributed by atoms with Gasteiger partial charge in [-0.3, -0.25) is 10.4 Å². The number of benzene rings is 2. The average molecular weight is 334 g/mol. The van der Waals surface area contributed by atoms with Crippen LogP contribution in [0.15, 0.2) is 36.4 Å². The lowest BCUT2D eigenvalue weighted by molar-refractivity contribution is 0.262. The van der Waals surface area contributed by atoms with Crippen molar-refractivity contribution >= 4 is 28.4 Å². The van der Waals surface area contributed by atoms with Crippen molar-refractivity contribution in [3.05, 3.63) is 47.5 Å². The molecule has 0 saturated heterocycles. The number of terminal acetylenes is 1. The Morgan fingerprint density at radius 3 is 2.84 bits per heavy atom. The van der Waals surface area contributed by atoms with Gasteiger partial charge in [-0.25, -0.2) is 4.79 Å². The van der Waals surface area contributed by atoms with Crippen molar-refractivity contribution in [1.29, 1.82) is 0 Å². The summed E-state index contributed by atoms with van der Waals surface area (Å²) in [5.41, 5.74) is 3.67.